The van der Waals surface area contributed by atoms with Gasteiger partial charge in [-0.15, -0.1) is 0 Å². The van der Waals surface area contributed by atoms with Crippen molar-refractivity contribution in [3.63, 3.8) is 0 Å². The molecule has 1 N–H and O–H groups in total. The minimum absolute atomic E-state index is 0.000694. The summed E-state index contributed by atoms with van der Waals surface area (Å²) in [6.07, 6.45) is 2.19. The number of carbonyl (C=O) groups is 2. The van der Waals surface area contributed by atoms with Crippen molar-refractivity contribution in [2.45, 2.75) is 52.1 Å². The van der Waals surface area contributed by atoms with E-state index in [0.717, 1.165) is 23.5 Å². The molecule has 6 heteroatoms. The molecule has 170 valence electrons. The van der Waals surface area contributed by atoms with Crippen LogP contribution in [0.4, 0.5) is 16.2 Å². The van der Waals surface area contributed by atoms with Crippen LogP contribution in [0.25, 0.3) is 0 Å². The molecule has 2 aromatic rings. The summed E-state index contributed by atoms with van der Waals surface area (Å²) in [6, 6.07) is 15.8. The lowest BCUT2D eigenvalue weighted by Crippen LogP contribution is -2.52. The zero-order valence-electron chi connectivity index (χ0n) is 19.2. The molecule has 0 aliphatic carbocycles. The molecule has 2 aliphatic rings. The summed E-state index contributed by atoms with van der Waals surface area (Å²) in [4.78, 5) is 29.8. The standard InChI is InChI=1S/C26H33N3O3/c1-4-22-17-29(23-7-5-6-8-24(23)32-22)26(31)28-15-13-20(14-16-28)25(30)27-21-11-9-19(10-12-21)18(2)3/h5-12,18,20,22H,4,13-17H2,1-3H3,(H,27,30)/t22-/m1/s1. The van der Waals surface area contributed by atoms with E-state index in [4.69, 9.17) is 4.74 Å². The molecule has 1 saturated heterocycles. The number of para-hydroxylation sites is 2. The van der Waals surface area contributed by atoms with Gasteiger partial charge in [-0.05, 0) is 55.0 Å². The summed E-state index contributed by atoms with van der Waals surface area (Å²) in [7, 11) is 0. The largest absolute Gasteiger partial charge is 0.486 e. The third kappa shape index (κ3) is 4.74. The number of ether oxygens (including phenoxy) is 1. The van der Waals surface area contributed by atoms with E-state index in [-0.39, 0.29) is 24.0 Å². The van der Waals surface area contributed by atoms with Gasteiger partial charge < -0.3 is 15.0 Å². The minimum Gasteiger partial charge on any atom is -0.486 e. The summed E-state index contributed by atoms with van der Waals surface area (Å²) in [6.45, 7) is 8.10. The van der Waals surface area contributed by atoms with Crippen LogP contribution in [0.15, 0.2) is 48.5 Å². The minimum atomic E-state index is -0.0795. The van der Waals surface area contributed by atoms with E-state index < -0.39 is 0 Å². The SMILES string of the molecule is CC[C@@H]1CN(C(=O)N2CCC(C(=O)Nc3ccc(C(C)C)cc3)CC2)c2ccccc2O1. The summed E-state index contributed by atoms with van der Waals surface area (Å²) < 4.78 is 6.01. The van der Waals surface area contributed by atoms with Gasteiger partial charge in [-0.2, -0.15) is 0 Å². The number of nitrogens with zero attached hydrogens (tertiary/aromatic N) is 2. The fourth-order valence-electron chi connectivity index (χ4n) is 4.39. The molecule has 2 aliphatic heterocycles. The smallest absolute Gasteiger partial charge is 0.324 e. The predicted octanol–water partition coefficient (Wildman–Crippen LogP) is 5.26. The molecule has 0 radical (unpaired) electrons. The van der Waals surface area contributed by atoms with E-state index in [1.807, 2.05) is 46.2 Å². The monoisotopic (exact) mass is 435 g/mol. The maximum Gasteiger partial charge on any atom is 0.324 e. The second kappa shape index (κ2) is 9.63. The zero-order valence-corrected chi connectivity index (χ0v) is 19.2. The van der Waals surface area contributed by atoms with Crippen molar-refractivity contribution in [1.29, 1.82) is 0 Å². The van der Waals surface area contributed by atoms with Crippen LogP contribution in [0.2, 0.25) is 0 Å². The average Bonchev–Trinajstić information content (AvgIpc) is 2.83. The van der Waals surface area contributed by atoms with Crippen LogP contribution >= 0.6 is 0 Å². The Hall–Kier alpha value is -3.02. The van der Waals surface area contributed by atoms with E-state index in [1.165, 1.54) is 5.56 Å². The highest BCUT2D eigenvalue weighted by molar-refractivity contribution is 5.95. The van der Waals surface area contributed by atoms with E-state index in [1.54, 1.807) is 0 Å². The quantitative estimate of drug-likeness (QED) is 0.713. The van der Waals surface area contributed by atoms with Crippen LogP contribution in [-0.4, -0.2) is 42.6 Å². The first-order valence-corrected chi connectivity index (χ1v) is 11.7. The summed E-state index contributed by atoms with van der Waals surface area (Å²) >= 11 is 0. The molecule has 0 bridgehead atoms. The van der Waals surface area contributed by atoms with Gasteiger partial charge in [-0.3, -0.25) is 9.69 Å². The highest BCUT2D eigenvalue weighted by Crippen LogP contribution is 2.35. The van der Waals surface area contributed by atoms with E-state index >= 15 is 0 Å². The Kier molecular flexibility index (Phi) is 6.68. The van der Waals surface area contributed by atoms with Crippen molar-refractivity contribution < 1.29 is 14.3 Å². The van der Waals surface area contributed by atoms with Gasteiger partial charge in [0, 0.05) is 24.7 Å². The maximum absolute atomic E-state index is 13.3. The number of hydrogen-bond acceptors (Lipinski definition) is 3. The molecule has 6 nitrogen and oxygen atoms in total. The number of benzene rings is 2. The van der Waals surface area contributed by atoms with Gasteiger partial charge in [-0.25, -0.2) is 4.79 Å². The average molecular weight is 436 g/mol. The number of amides is 3. The molecule has 32 heavy (non-hydrogen) atoms. The fourth-order valence-corrected chi connectivity index (χ4v) is 4.39. The number of urea groups is 1. The van der Waals surface area contributed by atoms with Gasteiger partial charge in [0.25, 0.3) is 0 Å². The van der Waals surface area contributed by atoms with Crippen LogP contribution in [-0.2, 0) is 4.79 Å². The fraction of sp³-hybridized carbons (Fsp3) is 0.462. The van der Waals surface area contributed by atoms with Crippen molar-refractivity contribution in [3.8, 4) is 5.75 Å². The molecule has 2 heterocycles. The molecular weight excluding hydrogens is 402 g/mol. The number of fused-ring (bicyclic) bond motifs is 1. The Labute approximate surface area is 190 Å². The number of piperidine rings is 1. The van der Waals surface area contributed by atoms with Gasteiger partial charge in [0.15, 0.2) is 0 Å². The van der Waals surface area contributed by atoms with Crippen LogP contribution in [0.1, 0.15) is 51.5 Å². The lowest BCUT2D eigenvalue weighted by atomic mass is 9.95. The lowest BCUT2D eigenvalue weighted by Gasteiger charge is -2.39. The first-order chi connectivity index (χ1) is 15.5. The molecular formula is C26H33N3O3. The molecule has 0 aromatic heterocycles. The van der Waals surface area contributed by atoms with Gasteiger partial charge in [0.1, 0.15) is 11.9 Å². The normalized spacial score (nSPS) is 18.8. The van der Waals surface area contributed by atoms with Crippen molar-refractivity contribution >= 4 is 23.3 Å². The van der Waals surface area contributed by atoms with Gasteiger partial charge in [-0.1, -0.05) is 45.0 Å². The Morgan fingerprint density at radius 3 is 2.41 bits per heavy atom. The van der Waals surface area contributed by atoms with E-state index in [2.05, 4.69) is 38.2 Å². The maximum atomic E-state index is 13.3. The molecule has 0 spiro atoms. The topological polar surface area (TPSA) is 61.9 Å². The highest BCUT2D eigenvalue weighted by atomic mass is 16.5. The molecule has 1 atom stereocenters. The van der Waals surface area contributed by atoms with Crippen LogP contribution in [0, 0.1) is 5.92 Å². The van der Waals surface area contributed by atoms with Crippen LogP contribution in [0.5, 0.6) is 5.75 Å². The predicted molar refractivity (Wildman–Crippen MR) is 127 cm³/mol. The first-order valence-electron chi connectivity index (χ1n) is 11.7. The van der Waals surface area contributed by atoms with Crippen molar-refractivity contribution in [1.82, 2.24) is 4.90 Å². The summed E-state index contributed by atoms with van der Waals surface area (Å²) in [5, 5.41) is 3.04. The summed E-state index contributed by atoms with van der Waals surface area (Å²) in [5.74, 6) is 1.19. The Balaban J connectivity index is 1.35. The first kappa shape index (κ1) is 22.2. The second-order valence-electron chi connectivity index (χ2n) is 9.04. The van der Waals surface area contributed by atoms with Gasteiger partial charge >= 0.3 is 6.03 Å². The Bertz CT molecular complexity index is 949. The molecule has 3 amide bonds. The molecule has 2 aromatic carbocycles. The van der Waals surface area contributed by atoms with Crippen molar-refractivity contribution in [2.24, 2.45) is 5.92 Å². The molecule has 4 rings (SSSR count). The third-order valence-corrected chi connectivity index (χ3v) is 6.50. The number of carbonyl (C=O) groups excluding carboxylic acids is 2. The number of nitrogens with one attached hydrogen (secondary N) is 1. The van der Waals surface area contributed by atoms with Crippen molar-refractivity contribution in [3.05, 3.63) is 54.1 Å². The van der Waals surface area contributed by atoms with E-state index in [0.29, 0.717) is 38.4 Å². The second-order valence-corrected chi connectivity index (χ2v) is 9.04. The van der Waals surface area contributed by atoms with Gasteiger partial charge in [0.2, 0.25) is 5.91 Å². The Morgan fingerprint density at radius 2 is 1.75 bits per heavy atom. The van der Waals surface area contributed by atoms with E-state index in [9.17, 15) is 9.59 Å². The zero-order chi connectivity index (χ0) is 22.7. The lowest BCUT2D eigenvalue weighted by molar-refractivity contribution is -0.121. The molecule has 1 fully saturated rings. The Morgan fingerprint density at radius 1 is 1.06 bits per heavy atom. The highest BCUT2D eigenvalue weighted by Gasteiger charge is 2.34. The van der Waals surface area contributed by atoms with Crippen LogP contribution in [0.3, 0.4) is 0 Å². The van der Waals surface area contributed by atoms with Crippen LogP contribution < -0.4 is 15.0 Å². The number of rotatable bonds is 4. The summed E-state index contributed by atoms with van der Waals surface area (Å²) in [5.41, 5.74) is 2.91. The molecule has 0 saturated carbocycles. The number of likely N-dealkylation sites (tertiary alicyclic amines) is 1. The third-order valence-electron chi connectivity index (χ3n) is 6.50. The van der Waals surface area contributed by atoms with Gasteiger partial charge in [0.05, 0.1) is 12.2 Å². The van der Waals surface area contributed by atoms with Crippen molar-refractivity contribution in [2.75, 3.05) is 29.9 Å². The number of anilines is 2. The number of hydrogen-bond donors (Lipinski definition) is 1. The molecule has 0 unspecified atom stereocenters.